The Morgan fingerprint density at radius 2 is 1.79 bits per heavy atom. The van der Waals surface area contributed by atoms with Crippen LogP contribution in [-0.2, 0) is 28.3 Å². The number of fused-ring (bicyclic) bond motifs is 1. The number of ether oxygens (including phenoxy) is 3. The largest absolute Gasteiger partial charge is 0.494 e. The molecule has 0 saturated carbocycles. The topological polar surface area (TPSA) is 197 Å². The molecule has 7 N–H and O–H groups in total. The van der Waals surface area contributed by atoms with Gasteiger partial charge in [-0.25, -0.2) is 0 Å². The van der Waals surface area contributed by atoms with Crippen LogP contribution < -0.4 is 10.8 Å². The van der Waals surface area contributed by atoms with Gasteiger partial charge in [0.15, 0.2) is 6.29 Å². The van der Waals surface area contributed by atoms with Crippen molar-refractivity contribution < 1.29 is 59.0 Å². The first-order chi connectivity index (χ1) is 16.2. The number of carbonyl (C=O) groups excluding carboxylic acids is 1. The number of rotatable bonds is 7. The van der Waals surface area contributed by atoms with E-state index in [1.54, 1.807) is 24.3 Å². The van der Waals surface area contributed by atoms with Gasteiger partial charge in [0.25, 0.3) is 0 Å². The first-order valence-corrected chi connectivity index (χ1v) is 10.8. The van der Waals surface area contributed by atoms with Crippen LogP contribution in [0.25, 0.3) is 0 Å². The Kier molecular flexibility index (Phi) is 7.57. The molecule has 0 bridgehead atoms. The highest BCUT2D eigenvalue weighted by Gasteiger charge is 2.61. The van der Waals surface area contributed by atoms with Crippen molar-refractivity contribution in [1.82, 2.24) is 0 Å². The van der Waals surface area contributed by atoms with Crippen molar-refractivity contribution >= 4 is 24.2 Å². The van der Waals surface area contributed by atoms with E-state index in [9.17, 15) is 35.4 Å². The van der Waals surface area contributed by atoms with Gasteiger partial charge in [-0.1, -0.05) is 12.1 Å². The predicted molar refractivity (Wildman–Crippen MR) is 113 cm³/mol. The molecular formula is C20H28BNO12. The Bertz CT molecular complexity index is 878. The third kappa shape index (κ3) is 4.59. The molecule has 14 heteroatoms. The van der Waals surface area contributed by atoms with Crippen LogP contribution in [-0.4, -0.2) is 118 Å². The third-order valence-corrected chi connectivity index (χ3v) is 6.06. The highest BCUT2D eigenvalue weighted by atomic mass is 16.8. The normalized spacial score (nSPS) is 39.8. The molecule has 3 heterocycles. The quantitative estimate of drug-likeness (QED) is 0.185. The van der Waals surface area contributed by atoms with Crippen molar-refractivity contribution in [3.05, 3.63) is 24.3 Å². The van der Waals surface area contributed by atoms with E-state index in [4.69, 9.17) is 23.5 Å². The monoisotopic (exact) mass is 485 g/mol. The Morgan fingerprint density at radius 1 is 1.09 bits per heavy atom. The number of amides is 1. The molecule has 188 valence electrons. The van der Waals surface area contributed by atoms with Crippen LogP contribution in [0, 0.1) is 0 Å². The minimum Gasteiger partial charge on any atom is -0.399 e. The summed E-state index contributed by atoms with van der Waals surface area (Å²) in [6, 6.07) is 6.65. The minimum atomic E-state index is -2.17. The number of nitrogens with one attached hydrogen (secondary N) is 1. The van der Waals surface area contributed by atoms with Crippen LogP contribution in [0.1, 0.15) is 6.92 Å². The summed E-state index contributed by atoms with van der Waals surface area (Å²) < 4.78 is 28.7. The number of anilines is 1. The van der Waals surface area contributed by atoms with E-state index in [0.717, 1.165) is 0 Å². The van der Waals surface area contributed by atoms with Crippen LogP contribution in [0.3, 0.4) is 0 Å². The summed E-state index contributed by atoms with van der Waals surface area (Å²) in [6.07, 6.45) is -10.6. The van der Waals surface area contributed by atoms with Crippen LogP contribution in [0.15, 0.2) is 24.3 Å². The molecule has 0 spiro atoms. The molecule has 34 heavy (non-hydrogen) atoms. The summed E-state index contributed by atoms with van der Waals surface area (Å²) in [7, 11) is -1.01. The van der Waals surface area contributed by atoms with E-state index in [1.807, 2.05) is 0 Å². The van der Waals surface area contributed by atoms with Gasteiger partial charge in [0.2, 0.25) is 11.7 Å². The van der Waals surface area contributed by atoms with E-state index < -0.39 is 81.7 Å². The fourth-order valence-electron chi connectivity index (χ4n) is 4.34. The molecule has 4 rings (SSSR count). The molecule has 3 saturated heterocycles. The summed E-state index contributed by atoms with van der Waals surface area (Å²) in [5, 5.41) is 62.9. The standard InChI is InChI=1S/C20H28BNO12/c1-9(26)22-11-4-2-3-10(5-11)21-33-16-14(27)12(6-23)30-19(17(16)34-21)32-20(8-25)18(29)15(28)13(7-24)31-20/h2-5,12-19,23-25,27-29H,6-8H2,1H3,(H,22,26)/t12-,13-,14-,15-,16+,17-,18+,19-,20+/m1/s1. The number of carbonyl (C=O) groups is 1. The van der Waals surface area contributed by atoms with Crippen molar-refractivity contribution in [2.75, 3.05) is 25.1 Å². The molecule has 13 nitrogen and oxygen atoms in total. The molecule has 1 aromatic rings. The molecule has 0 aromatic heterocycles. The number of aliphatic hydroxyl groups is 6. The fourth-order valence-corrected chi connectivity index (χ4v) is 4.34. The highest BCUT2D eigenvalue weighted by molar-refractivity contribution is 6.62. The molecule has 9 atom stereocenters. The van der Waals surface area contributed by atoms with Crippen molar-refractivity contribution in [2.24, 2.45) is 0 Å². The van der Waals surface area contributed by atoms with Gasteiger partial charge in [-0.15, -0.1) is 0 Å². The lowest BCUT2D eigenvalue weighted by Crippen LogP contribution is -2.61. The first-order valence-electron chi connectivity index (χ1n) is 10.8. The van der Waals surface area contributed by atoms with Crippen LogP contribution in [0.2, 0.25) is 0 Å². The zero-order valence-corrected chi connectivity index (χ0v) is 18.3. The number of hydrogen-bond donors (Lipinski definition) is 7. The van der Waals surface area contributed by atoms with Gasteiger partial charge < -0.3 is 59.5 Å². The lowest BCUT2D eigenvalue weighted by Gasteiger charge is -2.43. The third-order valence-electron chi connectivity index (χ3n) is 6.06. The average Bonchev–Trinajstić information content (AvgIpc) is 3.37. The van der Waals surface area contributed by atoms with Crippen molar-refractivity contribution in [3.8, 4) is 0 Å². The lowest BCUT2D eigenvalue weighted by atomic mass is 9.79. The van der Waals surface area contributed by atoms with E-state index in [-0.39, 0.29) is 5.91 Å². The SMILES string of the molecule is CC(=O)Nc1cccc(B2O[C@H]3[C@@H](O[C@]4(CO)O[C@H](CO)[C@@H](O)[C@@H]4O)O[C@H](CO)[C@@H](O)[C@@H]3O2)c1. The zero-order chi connectivity index (χ0) is 24.6. The maximum Gasteiger partial charge on any atom is 0.494 e. The number of benzene rings is 1. The van der Waals surface area contributed by atoms with Gasteiger partial charge >= 0.3 is 7.12 Å². The van der Waals surface area contributed by atoms with E-state index in [1.165, 1.54) is 6.92 Å². The second kappa shape index (κ2) is 10.1. The summed E-state index contributed by atoms with van der Waals surface area (Å²) in [5.74, 6) is -2.44. The highest BCUT2D eigenvalue weighted by Crippen LogP contribution is 2.38. The Hall–Kier alpha value is -1.69. The van der Waals surface area contributed by atoms with Crippen LogP contribution in [0.4, 0.5) is 5.69 Å². The summed E-state index contributed by atoms with van der Waals surface area (Å²) in [4.78, 5) is 11.4. The van der Waals surface area contributed by atoms with E-state index in [0.29, 0.717) is 11.2 Å². The minimum absolute atomic E-state index is 0.269. The number of hydrogen-bond acceptors (Lipinski definition) is 12. The van der Waals surface area contributed by atoms with Gasteiger partial charge in [-0.05, 0) is 17.6 Å². The Labute approximate surface area is 194 Å². The van der Waals surface area contributed by atoms with Gasteiger partial charge in [0.1, 0.15) is 49.3 Å². The molecular weight excluding hydrogens is 457 g/mol. The van der Waals surface area contributed by atoms with Gasteiger partial charge in [0, 0.05) is 12.6 Å². The summed E-state index contributed by atoms with van der Waals surface area (Å²) in [6.45, 7) is -0.795. The molecule has 3 aliphatic rings. The van der Waals surface area contributed by atoms with Gasteiger partial charge in [0.05, 0.1) is 13.2 Å². The second-order valence-electron chi connectivity index (χ2n) is 8.42. The van der Waals surface area contributed by atoms with Crippen molar-refractivity contribution in [1.29, 1.82) is 0 Å². The second-order valence-corrected chi connectivity index (χ2v) is 8.42. The average molecular weight is 485 g/mol. The Balaban J connectivity index is 1.58. The molecule has 0 radical (unpaired) electrons. The van der Waals surface area contributed by atoms with Crippen molar-refractivity contribution in [2.45, 2.75) is 61.7 Å². The van der Waals surface area contributed by atoms with Crippen molar-refractivity contribution in [3.63, 3.8) is 0 Å². The van der Waals surface area contributed by atoms with Crippen LogP contribution >= 0.6 is 0 Å². The van der Waals surface area contributed by atoms with Gasteiger partial charge in [-0.2, -0.15) is 0 Å². The smallest absolute Gasteiger partial charge is 0.399 e. The molecule has 1 amide bonds. The molecule has 0 aliphatic carbocycles. The zero-order valence-electron chi connectivity index (χ0n) is 18.3. The van der Waals surface area contributed by atoms with Gasteiger partial charge in [-0.3, -0.25) is 4.79 Å². The molecule has 3 fully saturated rings. The summed E-state index contributed by atoms with van der Waals surface area (Å²) in [5.41, 5.74) is 1.01. The fraction of sp³-hybridized carbons (Fsp3) is 0.650. The van der Waals surface area contributed by atoms with E-state index in [2.05, 4.69) is 5.32 Å². The van der Waals surface area contributed by atoms with Crippen LogP contribution in [0.5, 0.6) is 0 Å². The van der Waals surface area contributed by atoms with E-state index >= 15 is 0 Å². The Morgan fingerprint density at radius 3 is 2.41 bits per heavy atom. The predicted octanol–water partition coefficient (Wildman–Crippen LogP) is -3.98. The maximum absolute atomic E-state index is 11.4. The molecule has 0 unspecified atom stereocenters. The lowest BCUT2D eigenvalue weighted by molar-refractivity contribution is -0.374. The molecule has 1 aromatic carbocycles. The summed E-state index contributed by atoms with van der Waals surface area (Å²) >= 11 is 0. The molecule has 3 aliphatic heterocycles. The number of aliphatic hydroxyl groups excluding tert-OH is 6. The maximum atomic E-state index is 11.4. The first kappa shape index (κ1) is 25.4.